The van der Waals surface area contributed by atoms with Crippen LogP contribution in [0.5, 0.6) is 0 Å². The smallest absolute Gasteiger partial charge is 0.205 e. The molecule has 0 spiro atoms. The Morgan fingerprint density at radius 1 is 1.12 bits per heavy atom. The fourth-order valence-electron chi connectivity index (χ4n) is 1.15. The average molecular weight is 211 g/mol. The van der Waals surface area contributed by atoms with E-state index in [-0.39, 0.29) is 5.78 Å². The van der Waals surface area contributed by atoms with E-state index in [9.17, 15) is 4.79 Å². The van der Waals surface area contributed by atoms with Crippen LogP contribution in [0.25, 0.3) is 6.08 Å². The molecular weight excluding hydrogens is 202 g/mol. The molecule has 4 heteroatoms. The highest BCUT2D eigenvalue weighted by Crippen LogP contribution is 1.99. The highest BCUT2D eigenvalue weighted by atomic mass is 16.1. The average Bonchev–Trinajstić information content (AvgIpc) is 2.38. The van der Waals surface area contributed by atoms with Crippen LogP contribution in [0, 0.1) is 0 Å². The Bertz CT molecular complexity index is 494. The van der Waals surface area contributed by atoms with Crippen LogP contribution in [0.1, 0.15) is 16.2 Å². The molecule has 0 aromatic carbocycles. The summed E-state index contributed by atoms with van der Waals surface area (Å²) < 4.78 is 0. The SMILES string of the molecule is O=C(/C=C/c1ccccn1)c1cnccn1. The van der Waals surface area contributed by atoms with Gasteiger partial charge in [0.1, 0.15) is 5.69 Å². The number of nitrogens with zero attached hydrogens (tertiary/aromatic N) is 3. The maximum absolute atomic E-state index is 11.6. The zero-order valence-corrected chi connectivity index (χ0v) is 8.45. The number of carbonyl (C=O) groups is 1. The number of ketones is 1. The lowest BCUT2D eigenvalue weighted by Gasteiger charge is -1.92. The van der Waals surface area contributed by atoms with Crippen LogP contribution >= 0.6 is 0 Å². The van der Waals surface area contributed by atoms with Crippen molar-refractivity contribution in [1.82, 2.24) is 15.0 Å². The molecule has 78 valence electrons. The van der Waals surface area contributed by atoms with Crippen molar-refractivity contribution in [2.45, 2.75) is 0 Å². The van der Waals surface area contributed by atoms with Crippen molar-refractivity contribution in [2.75, 3.05) is 0 Å². The summed E-state index contributed by atoms with van der Waals surface area (Å²) in [6.07, 6.45) is 9.21. The maximum Gasteiger partial charge on any atom is 0.205 e. The van der Waals surface area contributed by atoms with Crippen LogP contribution < -0.4 is 0 Å². The second-order valence-electron chi connectivity index (χ2n) is 3.04. The predicted octanol–water partition coefficient (Wildman–Crippen LogP) is 1.77. The fourth-order valence-corrected chi connectivity index (χ4v) is 1.15. The number of pyridine rings is 1. The molecule has 0 aliphatic heterocycles. The van der Waals surface area contributed by atoms with Crippen LogP contribution in [0.4, 0.5) is 0 Å². The Kier molecular flexibility index (Phi) is 3.13. The summed E-state index contributed by atoms with van der Waals surface area (Å²) in [6, 6.07) is 5.50. The highest BCUT2D eigenvalue weighted by Gasteiger charge is 2.01. The van der Waals surface area contributed by atoms with E-state index < -0.39 is 0 Å². The van der Waals surface area contributed by atoms with E-state index in [2.05, 4.69) is 15.0 Å². The maximum atomic E-state index is 11.6. The van der Waals surface area contributed by atoms with Gasteiger partial charge >= 0.3 is 0 Å². The second kappa shape index (κ2) is 4.93. The molecule has 0 atom stereocenters. The summed E-state index contributed by atoms with van der Waals surface area (Å²) in [4.78, 5) is 23.4. The Morgan fingerprint density at radius 3 is 2.75 bits per heavy atom. The van der Waals surface area contributed by atoms with E-state index >= 15 is 0 Å². The van der Waals surface area contributed by atoms with Crippen molar-refractivity contribution >= 4 is 11.9 Å². The van der Waals surface area contributed by atoms with Gasteiger partial charge in [-0.05, 0) is 24.3 Å². The van der Waals surface area contributed by atoms with Gasteiger partial charge in [-0.3, -0.25) is 14.8 Å². The molecule has 4 nitrogen and oxygen atoms in total. The van der Waals surface area contributed by atoms with Crippen molar-refractivity contribution in [3.8, 4) is 0 Å². The minimum atomic E-state index is -0.182. The van der Waals surface area contributed by atoms with E-state index in [0.29, 0.717) is 5.69 Å². The van der Waals surface area contributed by atoms with Gasteiger partial charge in [0, 0.05) is 18.6 Å². The largest absolute Gasteiger partial charge is 0.287 e. The first-order chi connectivity index (χ1) is 7.86. The van der Waals surface area contributed by atoms with Crippen molar-refractivity contribution in [3.05, 3.63) is 60.5 Å². The molecule has 0 aliphatic rings. The Labute approximate surface area is 92.7 Å². The van der Waals surface area contributed by atoms with Gasteiger partial charge < -0.3 is 0 Å². The van der Waals surface area contributed by atoms with Crippen LogP contribution in [0.15, 0.2) is 49.1 Å². The number of rotatable bonds is 3. The third-order valence-corrected chi connectivity index (χ3v) is 1.91. The summed E-state index contributed by atoms with van der Waals surface area (Å²) in [7, 11) is 0. The Hall–Kier alpha value is -2.36. The van der Waals surface area contributed by atoms with Gasteiger partial charge in [0.05, 0.1) is 11.9 Å². The van der Waals surface area contributed by atoms with Gasteiger partial charge in [0.15, 0.2) is 0 Å². The van der Waals surface area contributed by atoms with Gasteiger partial charge in [-0.1, -0.05) is 6.07 Å². The lowest BCUT2D eigenvalue weighted by molar-refractivity contribution is 0.104. The first-order valence-corrected chi connectivity index (χ1v) is 4.76. The van der Waals surface area contributed by atoms with Crippen molar-refractivity contribution < 1.29 is 4.79 Å². The molecule has 2 rings (SSSR count). The number of hydrogen-bond donors (Lipinski definition) is 0. The van der Waals surface area contributed by atoms with Crippen LogP contribution in [-0.2, 0) is 0 Å². The molecule has 2 aromatic heterocycles. The molecule has 0 radical (unpaired) electrons. The number of allylic oxidation sites excluding steroid dienone is 1. The molecular formula is C12H9N3O. The molecule has 2 heterocycles. The summed E-state index contributed by atoms with van der Waals surface area (Å²) in [5.41, 5.74) is 1.06. The summed E-state index contributed by atoms with van der Waals surface area (Å²) in [5.74, 6) is -0.182. The lowest BCUT2D eigenvalue weighted by Crippen LogP contribution is -1.98. The summed E-state index contributed by atoms with van der Waals surface area (Å²) in [5, 5.41) is 0. The Morgan fingerprint density at radius 2 is 2.06 bits per heavy atom. The molecule has 16 heavy (non-hydrogen) atoms. The first-order valence-electron chi connectivity index (χ1n) is 4.76. The molecule has 2 aromatic rings. The molecule has 0 N–H and O–H groups in total. The molecule has 0 unspecified atom stereocenters. The summed E-state index contributed by atoms with van der Waals surface area (Å²) >= 11 is 0. The third kappa shape index (κ3) is 2.57. The standard InChI is InChI=1S/C12H9N3O/c16-12(11-9-13-7-8-15-11)5-4-10-3-1-2-6-14-10/h1-9H/b5-4+. The van der Waals surface area contributed by atoms with Crippen LogP contribution in [0.2, 0.25) is 0 Å². The second-order valence-corrected chi connectivity index (χ2v) is 3.04. The normalized spacial score (nSPS) is 10.5. The Balaban J connectivity index is 2.12. The van der Waals surface area contributed by atoms with Gasteiger partial charge in [0.25, 0.3) is 0 Å². The van der Waals surface area contributed by atoms with E-state index in [0.717, 1.165) is 5.69 Å². The van der Waals surface area contributed by atoms with E-state index in [1.165, 1.54) is 24.7 Å². The molecule has 0 aliphatic carbocycles. The van der Waals surface area contributed by atoms with Gasteiger partial charge in [-0.25, -0.2) is 4.98 Å². The third-order valence-electron chi connectivity index (χ3n) is 1.91. The zero-order valence-electron chi connectivity index (χ0n) is 8.45. The molecule has 0 fully saturated rings. The molecule has 0 saturated heterocycles. The number of carbonyl (C=O) groups excluding carboxylic acids is 1. The topological polar surface area (TPSA) is 55.7 Å². The van der Waals surface area contributed by atoms with Crippen molar-refractivity contribution in [1.29, 1.82) is 0 Å². The van der Waals surface area contributed by atoms with Crippen molar-refractivity contribution in [2.24, 2.45) is 0 Å². The predicted molar refractivity (Wildman–Crippen MR) is 59.6 cm³/mol. The van der Waals surface area contributed by atoms with Crippen molar-refractivity contribution in [3.63, 3.8) is 0 Å². The minimum absolute atomic E-state index is 0.182. The minimum Gasteiger partial charge on any atom is -0.287 e. The van der Waals surface area contributed by atoms with Gasteiger partial charge in [0.2, 0.25) is 5.78 Å². The summed E-state index contributed by atoms with van der Waals surface area (Å²) in [6.45, 7) is 0. The fraction of sp³-hybridized carbons (Fsp3) is 0. The number of aromatic nitrogens is 3. The highest BCUT2D eigenvalue weighted by molar-refractivity contribution is 6.05. The quantitative estimate of drug-likeness (QED) is 0.573. The molecule has 0 saturated carbocycles. The van der Waals surface area contributed by atoms with Crippen LogP contribution in [0.3, 0.4) is 0 Å². The zero-order chi connectivity index (χ0) is 11.2. The van der Waals surface area contributed by atoms with E-state index in [4.69, 9.17) is 0 Å². The first kappa shape index (κ1) is 10.2. The number of hydrogen-bond acceptors (Lipinski definition) is 4. The molecule has 0 bridgehead atoms. The molecule has 0 amide bonds. The monoisotopic (exact) mass is 211 g/mol. The van der Waals surface area contributed by atoms with Gasteiger partial charge in [-0.15, -0.1) is 0 Å². The van der Waals surface area contributed by atoms with E-state index in [1.54, 1.807) is 12.3 Å². The van der Waals surface area contributed by atoms with Gasteiger partial charge in [-0.2, -0.15) is 0 Å². The van der Waals surface area contributed by atoms with Crippen LogP contribution in [-0.4, -0.2) is 20.7 Å². The lowest BCUT2D eigenvalue weighted by atomic mass is 10.2. The van der Waals surface area contributed by atoms with E-state index in [1.807, 2.05) is 18.2 Å².